The van der Waals surface area contributed by atoms with Gasteiger partial charge in [-0.1, -0.05) is 12.1 Å². The van der Waals surface area contributed by atoms with Crippen LogP contribution >= 0.6 is 0 Å². The van der Waals surface area contributed by atoms with Gasteiger partial charge in [0.2, 0.25) is 5.91 Å². The van der Waals surface area contributed by atoms with Crippen LogP contribution in [0.3, 0.4) is 0 Å². The molecule has 100 valence electrons. The van der Waals surface area contributed by atoms with Gasteiger partial charge >= 0.3 is 0 Å². The van der Waals surface area contributed by atoms with Gasteiger partial charge in [0.25, 0.3) is 0 Å². The number of nitrogens with one attached hydrogen (secondary N) is 1. The summed E-state index contributed by atoms with van der Waals surface area (Å²) in [7, 11) is 0. The topological polar surface area (TPSA) is 58.6 Å². The van der Waals surface area contributed by atoms with E-state index in [1.807, 2.05) is 31.2 Å². The van der Waals surface area contributed by atoms with E-state index in [4.69, 9.17) is 9.84 Å². The number of amides is 1. The summed E-state index contributed by atoms with van der Waals surface area (Å²) in [6.45, 7) is 6.04. The highest BCUT2D eigenvalue weighted by atomic mass is 16.5. The van der Waals surface area contributed by atoms with Gasteiger partial charge in [-0.15, -0.1) is 0 Å². The third-order valence-corrected chi connectivity index (χ3v) is 2.47. The van der Waals surface area contributed by atoms with Crippen molar-refractivity contribution in [2.45, 2.75) is 32.7 Å². The van der Waals surface area contributed by atoms with Crippen molar-refractivity contribution >= 4 is 5.91 Å². The monoisotopic (exact) mass is 251 g/mol. The van der Waals surface area contributed by atoms with E-state index >= 15 is 0 Å². The normalized spacial score (nSPS) is 11.1. The van der Waals surface area contributed by atoms with Gasteiger partial charge in [0.15, 0.2) is 0 Å². The Hall–Kier alpha value is -1.55. The number of benzene rings is 1. The maximum atomic E-state index is 11.7. The highest BCUT2D eigenvalue weighted by molar-refractivity contribution is 5.79. The van der Waals surface area contributed by atoms with E-state index in [2.05, 4.69) is 5.32 Å². The lowest BCUT2D eigenvalue weighted by molar-refractivity contribution is -0.122. The number of rotatable bonds is 6. The zero-order valence-corrected chi connectivity index (χ0v) is 11.2. The van der Waals surface area contributed by atoms with Crippen LogP contribution in [-0.4, -0.2) is 29.8 Å². The second kappa shape index (κ2) is 6.40. The van der Waals surface area contributed by atoms with Crippen LogP contribution in [0.15, 0.2) is 24.3 Å². The van der Waals surface area contributed by atoms with Crippen LogP contribution in [0.1, 0.15) is 26.3 Å². The molecule has 0 spiro atoms. The summed E-state index contributed by atoms with van der Waals surface area (Å²) >= 11 is 0. The van der Waals surface area contributed by atoms with E-state index in [-0.39, 0.29) is 12.5 Å². The number of carbonyl (C=O) groups excluding carboxylic acids is 1. The highest BCUT2D eigenvalue weighted by Crippen LogP contribution is 2.12. The summed E-state index contributed by atoms with van der Waals surface area (Å²) in [6, 6.07) is 7.44. The Morgan fingerprint density at radius 1 is 1.33 bits per heavy atom. The first-order chi connectivity index (χ1) is 8.46. The van der Waals surface area contributed by atoms with Crippen LogP contribution in [0.25, 0.3) is 0 Å². The largest absolute Gasteiger partial charge is 0.494 e. The van der Waals surface area contributed by atoms with Crippen LogP contribution in [-0.2, 0) is 11.2 Å². The van der Waals surface area contributed by atoms with Crippen molar-refractivity contribution in [2.24, 2.45) is 0 Å². The Morgan fingerprint density at radius 3 is 2.44 bits per heavy atom. The van der Waals surface area contributed by atoms with E-state index in [9.17, 15) is 4.79 Å². The molecule has 0 unspecified atom stereocenters. The molecule has 1 aromatic carbocycles. The third-order valence-electron chi connectivity index (χ3n) is 2.47. The minimum atomic E-state index is -0.581. The molecule has 0 aliphatic rings. The lowest BCUT2D eigenvalue weighted by atomic mass is 10.1. The van der Waals surface area contributed by atoms with E-state index in [1.54, 1.807) is 13.8 Å². The zero-order valence-electron chi connectivity index (χ0n) is 11.2. The molecule has 1 aromatic rings. The summed E-state index contributed by atoms with van der Waals surface area (Å²) in [5, 5.41) is 11.8. The van der Waals surface area contributed by atoms with E-state index in [0.29, 0.717) is 13.0 Å². The second-order valence-corrected chi connectivity index (χ2v) is 4.84. The van der Waals surface area contributed by atoms with Gasteiger partial charge in [-0.25, -0.2) is 0 Å². The molecule has 0 bridgehead atoms. The third kappa shape index (κ3) is 4.75. The number of carbonyl (C=O) groups is 1. The van der Waals surface area contributed by atoms with Crippen LogP contribution in [0.4, 0.5) is 0 Å². The van der Waals surface area contributed by atoms with E-state index < -0.39 is 5.54 Å². The van der Waals surface area contributed by atoms with Gasteiger partial charge < -0.3 is 15.2 Å². The first-order valence-electron chi connectivity index (χ1n) is 6.10. The molecule has 1 amide bonds. The fourth-order valence-corrected chi connectivity index (χ4v) is 1.52. The molecular weight excluding hydrogens is 230 g/mol. The number of aliphatic hydroxyl groups is 1. The highest BCUT2D eigenvalue weighted by Gasteiger charge is 2.18. The summed E-state index contributed by atoms with van der Waals surface area (Å²) in [5.41, 5.74) is 0.340. The Kier molecular flexibility index (Phi) is 5.16. The molecule has 0 aromatic heterocycles. The second-order valence-electron chi connectivity index (χ2n) is 4.84. The molecule has 4 heteroatoms. The predicted octanol–water partition coefficient (Wildman–Crippen LogP) is 1.51. The summed E-state index contributed by atoms with van der Waals surface area (Å²) in [6.07, 6.45) is 0.301. The number of aliphatic hydroxyl groups excluding tert-OH is 1. The smallest absolute Gasteiger partial charge is 0.224 e. The van der Waals surface area contributed by atoms with Crippen molar-refractivity contribution < 1.29 is 14.6 Å². The SMILES string of the molecule is CCOc1ccc(CC(=O)NC(C)(C)CO)cc1. The quantitative estimate of drug-likeness (QED) is 0.806. The molecule has 4 nitrogen and oxygen atoms in total. The fraction of sp³-hybridized carbons (Fsp3) is 0.500. The fourth-order valence-electron chi connectivity index (χ4n) is 1.52. The molecule has 0 heterocycles. The predicted molar refractivity (Wildman–Crippen MR) is 70.6 cm³/mol. The summed E-state index contributed by atoms with van der Waals surface area (Å²) in [4.78, 5) is 11.7. The van der Waals surface area contributed by atoms with Crippen LogP contribution in [0.2, 0.25) is 0 Å². The Balaban J connectivity index is 2.54. The number of hydrogen-bond acceptors (Lipinski definition) is 3. The molecule has 0 atom stereocenters. The van der Waals surface area contributed by atoms with E-state index in [0.717, 1.165) is 11.3 Å². The molecule has 2 N–H and O–H groups in total. The van der Waals surface area contributed by atoms with E-state index in [1.165, 1.54) is 0 Å². The minimum Gasteiger partial charge on any atom is -0.494 e. The van der Waals surface area contributed by atoms with Gasteiger partial charge in [0.05, 0.1) is 25.2 Å². The summed E-state index contributed by atoms with van der Waals surface area (Å²) in [5.74, 6) is 0.704. The lowest BCUT2D eigenvalue weighted by Crippen LogP contribution is -2.46. The Labute approximate surface area is 108 Å². The first kappa shape index (κ1) is 14.5. The maximum absolute atomic E-state index is 11.7. The molecule has 0 fully saturated rings. The zero-order chi connectivity index (χ0) is 13.6. The van der Waals surface area contributed by atoms with Crippen LogP contribution in [0, 0.1) is 0 Å². The average Bonchev–Trinajstić information content (AvgIpc) is 2.31. The van der Waals surface area contributed by atoms with Crippen molar-refractivity contribution in [1.82, 2.24) is 5.32 Å². The van der Waals surface area contributed by atoms with Crippen molar-refractivity contribution in [2.75, 3.05) is 13.2 Å². The molecule has 0 saturated heterocycles. The van der Waals surface area contributed by atoms with Gasteiger partial charge in [-0.3, -0.25) is 4.79 Å². The Morgan fingerprint density at radius 2 is 1.94 bits per heavy atom. The van der Waals surface area contributed by atoms with Gasteiger partial charge in [-0.05, 0) is 38.5 Å². The average molecular weight is 251 g/mol. The summed E-state index contributed by atoms with van der Waals surface area (Å²) < 4.78 is 5.33. The maximum Gasteiger partial charge on any atom is 0.224 e. The van der Waals surface area contributed by atoms with Crippen molar-refractivity contribution in [3.8, 4) is 5.75 Å². The Bertz CT molecular complexity index is 385. The minimum absolute atomic E-state index is 0.0813. The van der Waals surface area contributed by atoms with Gasteiger partial charge in [0.1, 0.15) is 5.75 Å². The molecule has 0 aliphatic carbocycles. The molecule has 1 rings (SSSR count). The van der Waals surface area contributed by atoms with Crippen molar-refractivity contribution in [3.05, 3.63) is 29.8 Å². The van der Waals surface area contributed by atoms with Crippen molar-refractivity contribution in [3.63, 3.8) is 0 Å². The first-order valence-corrected chi connectivity index (χ1v) is 6.10. The number of hydrogen-bond donors (Lipinski definition) is 2. The van der Waals surface area contributed by atoms with Gasteiger partial charge in [0, 0.05) is 0 Å². The standard InChI is InChI=1S/C14H21NO3/c1-4-18-12-7-5-11(6-8-12)9-13(17)15-14(2,3)10-16/h5-8,16H,4,9-10H2,1-3H3,(H,15,17). The molecule has 18 heavy (non-hydrogen) atoms. The van der Waals surface area contributed by atoms with Crippen LogP contribution < -0.4 is 10.1 Å². The lowest BCUT2D eigenvalue weighted by Gasteiger charge is -2.23. The molecular formula is C14H21NO3. The number of ether oxygens (including phenoxy) is 1. The van der Waals surface area contributed by atoms with Crippen LogP contribution in [0.5, 0.6) is 5.75 Å². The van der Waals surface area contributed by atoms with Crippen molar-refractivity contribution in [1.29, 1.82) is 0 Å². The molecule has 0 radical (unpaired) electrons. The molecule has 0 saturated carbocycles. The molecule has 0 aliphatic heterocycles. The van der Waals surface area contributed by atoms with Gasteiger partial charge in [-0.2, -0.15) is 0 Å².